The number of aromatic nitrogens is 2. The molecule has 2 aromatic rings. The maximum Gasteiger partial charge on any atom is 0.0535 e. The SMILES string of the molecule is CC(C)(C)c1[nH]ncc1CN(CCN)CCc1ccccc1. The van der Waals surface area contributed by atoms with Crippen molar-refractivity contribution in [2.75, 3.05) is 19.6 Å². The molecule has 2 rings (SSSR count). The first-order chi connectivity index (χ1) is 10.5. The first-order valence-electron chi connectivity index (χ1n) is 8.00. The van der Waals surface area contributed by atoms with E-state index in [1.807, 2.05) is 6.20 Å². The van der Waals surface area contributed by atoms with Crippen LogP contribution in [0, 0.1) is 0 Å². The molecule has 0 aliphatic carbocycles. The van der Waals surface area contributed by atoms with Crippen LogP contribution in [0.25, 0.3) is 0 Å². The molecule has 0 aliphatic heterocycles. The van der Waals surface area contributed by atoms with Crippen molar-refractivity contribution in [3.63, 3.8) is 0 Å². The Morgan fingerprint density at radius 3 is 2.50 bits per heavy atom. The molecule has 1 heterocycles. The number of nitrogens with zero attached hydrogens (tertiary/aromatic N) is 2. The van der Waals surface area contributed by atoms with Gasteiger partial charge in [-0.05, 0) is 12.0 Å². The Labute approximate surface area is 133 Å². The van der Waals surface area contributed by atoms with Crippen molar-refractivity contribution in [1.29, 1.82) is 0 Å². The number of benzene rings is 1. The van der Waals surface area contributed by atoms with E-state index in [1.54, 1.807) is 0 Å². The van der Waals surface area contributed by atoms with Crippen molar-refractivity contribution in [3.05, 3.63) is 53.3 Å². The quantitative estimate of drug-likeness (QED) is 0.826. The molecule has 1 aromatic carbocycles. The fraction of sp³-hybridized carbons (Fsp3) is 0.500. The standard InChI is InChI=1S/C18H28N4/c1-18(2,3)17-16(13-20-21-17)14-22(12-10-19)11-9-15-7-5-4-6-8-15/h4-8,13H,9-12,14,19H2,1-3H3,(H,20,21). The first kappa shape index (κ1) is 16.7. The van der Waals surface area contributed by atoms with Gasteiger partial charge in [0.15, 0.2) is 0 Å². The summed E-state index contributed by atoms with van der Waals surface area (Å²) in [5.41, 5.74) is 9.73. The molecule has 0 bridgehead atoms. The molecule has 0 radical (unpaired) electrons. The van der Waals surface area contributed by atoms with E-state index in [1.165, 1.54) is 16.8 Å². The molecule has 1 aromatic heterocycles. The Balaban J connectivity index is 2.01. The van der Waals surface area contributed by atoms with Gasteiger partial charge in [0.25, 0.3) is 0 Å². The van der Waals surface area contributed by atoms with Gasteiger partial charge in [0, 0.05) is 42.9 Å². The van der Waals surface area contributed by atoms with Crippen LogP contribution in [0.5, 0.6) is 0 Å². The lowest BCUT2D eigenvalue weighted by Gasteiger charge is -2.24. The van der Waals surface area contributed by atoms with Crippen LogP contribution in [0.4, 0.5) is 0 Å². The normalized spacial score (nSPS) is 12.0. The molecule has 4 nitrogen and oxygen atoms in total. The zero-order valence-electron chi connectivity index (χ0n) is 14.0. The van der Waals surface area contributed by atoms with Gasteiger partial charge in [0.1, 0.15) is 0 Å². The summed E-state index contributed by atoms with van der Waals surface area (Å²) < 4.78 is 0. The molecule has 0 spiro atoms. The lowest BCUT2D eigenvalue weighted by atomic mass is 9.89. The molecule has 0 amide bonds. The molecule has 0 aliphatic rings. The van der Waals surface area contributed by atoms with E-state index in [0.717, 1.165) is 26.1 Å². The Morgan fingerprint density at radius 2 is 1.86 bits per heavy atom. The van der Waals surface area contributed by atoms with Crippen molar-refractivity contribution in [1.82, 2.24) is 15.1 Å². The topological polar surface area (TPSA) is 57.9 Å². The highest BCUT2D eigenvalue weighted by Gasteiger charge is 2.21. The molecule has 22 heavy (non-hydrogen) atoms. The molecule has 0 saturated heterocycles. The highest BCUT2D eigenvalue weighted by atomic mass is 15.2. The van der Waals surface area contributed by atoms with Crippen molar-refractivity contribution in [2.45, 2.75) is 39.2 Å². The second kappa shape index (κ2) is 7.56. The Kier molecular flexibility index (Phi) is 5.75. The molecule has 3 N–H and O–H groups in total. The van der Waals surface area contributed by atoms with Crippen LogP contribution in [0.3, 0.4) is 0 Å². The van der Waals surface area contributed by atoms with E-state index < -0.39 is 0 Å². The Hall–Kier alpha value is -1.65. The summed E-state index contributed by atoms with van der Waals surface area (Å²) >= 11 is 0. The van der Waals surface area contributed by atoms with Crippen LogP contribution in [-0.4, -0.2) is 34.7 Å². The molecule has 0 atom stereocenters. The average Bonchev–Trinajstić information content (AvgIpc) is 2.94. The van der Waals surface area contributed by atoms with Crippen molar-refractivity contribution < 1.29 is 0 Å². The van der Waals surface area contributed by atoms with Crippen LogP contribution in [0.15, 0.2) is 36.5 Å². The predicted octanol–water partition coefficient (Wildman–Crippen LogP) is 2.71. The highest BCUT2D eigenvalue weighted by molar-refractivity contribution is 5.23. The van der Waals surface area contributed by atoms with Gasteiger partial charge in [-0.1, -0.05) is 51.1 Å². The van der Waals surface area contributed by atoms with Crippen LogP contribution >= 0.6 is 0 Å². The summed E-state index contributed by atoms with van der Waals surface area (Å²) in [6, 6.07) is 10.6. The van der Waals surface area contributed by atoms with Crippen molar-refractivity contribution >= 4 is 0 Å². The number of nitrogens with two attached hydrogens (primary N) is 1. The predicted molar refractivity (Wildman–Crippen MR) is 91.8 cm³/mol. The lowest BCUT2D eigenvalue weighted by Crippen LogP contribution is -2.31. The molecule has 4 heteroatoms. The van der Waals surface area contributed by atoms with Gasteiger partial charge in [-0.15, -0.1) is 0 Å². The molecule has 0 fully saturated rings. The largest absolute Gasteiger partial charge is 0.329 e. The summed E-state index contributed by atoms with van der Waals surface area (Å²) in [5.74, 6) is 0. The summed E-state index contributed by atoms with van der Waals surface area (Å²) in [4.78, 5) is 2.41. The van der Waals surface area contributed by atoms with Crippen LogP contribution in [-0.2, 0) is 18.4 Å². The number of aromatic amines is 1. The number of rotatable bonds is 7. The first-order valence-corrected chi connectivity index (χ1v) is 8.00. The molecular weight excluding hydrogens is 272 g/mol. The summed E-state index contributed by atoms with van der Waals surface area (Å²) in [7, 11) is 0. The zero-order valence-corrected chi connectivity index (χ0v) is 14.0. The molecule has 0 saturated carbocycles. The minimum atomic E-state index is 0.0830. The number of nitrogens with one attached hydrogen (secondary N) is 1. The minimum Gasteiger partial charge on any atom is -0.329 e. The van der Waals surface area contributed by atoms with Gasteiger partial charge >= 0.3 is 0 Å². The van der Waals surface area contributed by atoms with Gasteiger partial charge in [0.2, 0.25) is 0 Å². The highest BCUT2D eigenvalue weighted by Crippen LogP contribution is 2.24. The van der Waals surface area contributed by atoms with Crippen LogP contribution < -0.4 is 5.73 Å². The Bertz CT molecular complexity index is 554. The third kappa shape index (κ3) is 4.68. The van der Waals surface area contributed by atoms with Crippen molar-refractivity contribution in [3.8, 4) is 0 Å². The van der Waals surface area contributed by atoms with E-state index in [2.05, 4.69) is 66.2 Å². The van der Waals surface area contributed by atoms with Gasteiger partial charge < -0.3 is 5.73 Å². The summed E-state index contributed by atoms with van der Waals surface area (Å²) in [6.07, 6.45) is 3.00. The maximum atomic E-state index is 5.79. The third-order valence-corrected chi connectivity index (χ3v) is 3.87. The van der Waals surface area contributed by atoms with Crippen LogP contribution in [0.2, 0.25) is 0 Å². The molecule has 0 unspecified atom stereocenters. The summed E-state index contributed by atoms with van der Waals surface area (Å²) in [5, 5.41) is 7.40. The van der Waals surface area contributed by atoms with Gasteiger partial charge in [-0.2, -0.15) is 5.10 Å². The Morgan fingerprint density at radius 1 is 1.14 bits per heavy atom. The monoisotopic (exact) mass is 300 g/mol. The van der Waals surface area contributed by atoms with E-state index >= 15 is 0 Å². The van der Waals surface area contributed by atoms with Gasteiger partial charge in [-0.3, -0.25) is 10.00 Å². The van der Waals surface area contributed by atoms with E-state index in [0.29, 0.717) is 6.54 Å². The summed E-state index contributed by atoms with van der Waals surface area (Å²) in [6.45, 7) is 10.1. The fourth-order valence-electron chi connectivity index (χ4n) is 2.71. The van der Waals surface area contributed by atoms with Gasteiger partial charge in [0.05, 0.1) is 6.20 Å². The lowest BCUT2D eigenvalue weighted by molar-refractivity contribution is 0.274. The fourth-order valence-corrected chi connectivity index (χ4v) is 2.71. The average molecular weight is 300 g/mol. The zero-order chi connectivity index (χ0) is 16.0. The third-order valence-electron chi connectivity index (χ3n) is 3.87. The maximum absolute atomic E-state index is 5.79. The minimum absolute atomic E-state index is 0.0830. The smallest absolute Gasteiger partial charge is 0.0535 e. The van der Waals surface area contributed by atoms with Gasteiger partial charge in [-0.25, -0.2) is 0 Å². The molecular formula is C18H28N4. The molecule has 120 valence electrons. The van der Waals surface area contributed by atoms with E-state index in [4.69, 9.17) is 5.73 Å². The number of hydrogen-bond donors (Lipinski definition) is 2. The number of H-pyrrole nitrogens is 1. The number of hydrogen-bond acceptors (Lipinski definition) is 3. The van der Waals surface area contributed by atoms with E-state index in [9.17, 15) is 0 Å². The van der Waals surface area contributed by atoms with E-state index in [-0.39, 0.29) is 5.41 Å². The van der Waals surface area contributed by atoms with Crippen molar-refractivity contribution in [2.24, 2.45) is 5.73 Å². The second-order valence-corrected chi connectivity index (χ2v) is 6.82. The second-order valence-electron chi connectivity index (χ2n) is 6.82. The van der Waals surface area contributed by atoms with Crippen LogP contribution in [0.1, 0.15) is 37.6 Å².